The van der Waals surface area contributed by atoms with E-state index in [1.807, 2.05) is 0 Å². The first-order valence-electron chi connectivity index (χ1n) is 6.00. The number of aromatic nitrogens is 2. The highest BCUT2D eigenvalue weighted by atomic mass is 35.5. The van der Waals surface area contributed by atoms with Crippen molar-refractivity contribution in [2.24, 2.45) is 0 Å². The molecule has 1 aromatic heterocycles. The molecule has 0 saturated carbocycles. The molecular formula is C13H13ClFN3O2S. The standard InChI is InChI=1S/C13H13ClFN3O2S/c1-7-4-10(15)5-8(2)12(7)21(19,20)18-13-16-9(3)6-11(14)17-13/h4-6H,1-3H3,(H,16,17,18). The number of nitrogens with one attached hydrogen (secondary N) is 1. The third-order valence-electron chi connectivity index (χ3n) is 2.74. The van der Waals surface area contributed by atoms with Gasteiger partial charge in [-0.15, -0.1) is 0 Å². The Morgan fingerprint density at radius 1 is 1.10 bits per heavy atom. The summed E-state index contributed by atoms with van der Waals surface area (Å²) in [7, 11) is -3.93. The van der Waals surface area contributed by atoms with Gasteiger partial charge in [0.15, 0.2) is 0 Å². The highest BCUT2D eigenvalue weighted by Crippen LogP contribution is 2.23. The zero-order valence-electron chi connectivity index (χ0n) is 11.6. The molecule has 112 valence electrons. The molecule has 0 spiro atoms. The maximum Gasteiger partial charge on any atom is 0.264 e. The Morgan fingerprint density at radius 3 is 2.19 bits per heavy atom. The van der Waals surface area contributed by atoms with Gasteiger partial charge in [-0.1, -0.05) is 11.6 Å². The molecule has 0 saturated heterocycles. The fourth-order valence-electron chi connectivity index (χ4n) is 2.07. The van der Waals surface area contributed by atoms with Crippen LogP contribution in [0.2, 0.25) is 5.15 Å². The van der Waals surface area contributed by atoms with Crippen molar-refractivity contribution in [3.8, 4) is 0 Å². The molecule has 0 bridgehead atoms. The van der Waals surface area contributed by atoms with Crippen molar-refractivity contribution in [3.05, 3.63) is 46.0 Å². The van der Waals surface area contributed by atoms with Gasteiger partial charge in [0.2, 0.25) is 5.95 Å². The van der Waals surface area contributed by atoms with Crippen LogP contribution in [0.15, 0.2) is 23.1 Å². The first-order chi connectivity index (χ1) is 9.69. The third-order valence-corrected chi connectivity index (χ3v) is 4.57. The number of benzene rings is 1. The molecule has 8 heteroatoms. The molecular weight excluding hydrogens is 317 g/mol. The molecule has 0 unspecified atom stereocenters. The number of aryl methyl sites for hydroxylation is 3. The second-order valence-corrected chi connectivity index (χ2v) is 6.64. The van der Waals surface area contributed by atoms with Crippen molar-refractivity contribution in [1.29, 1.82) is 0 Å². The smallest absolute Gasteiger partial charge is 0.247 e. The second-order valence-electron chi connectivity index (χ2n) is 4.63. The Labute approximate surface area is 127 Å². The SMILES string of the molecule is Cc1cc(Cl)nc(NS(=O)(=O)c2c(C)cc(F)cc2C)n1. The van der Waals surface area contributed by atoms with E-state index >= 15 is 0 Å². The first-order valence-corrected chi connectivity index (χ1v) is 7.86. The molecule has 1 heterocycles. The van der Waals surface area contributed by atoms with Crippen molar-refractivity contribution in [1.82, 2.24) is 9.97 Å². The largest absolute Gasteiger partial charge is 0.264 e. The van der Waals surface area contributed by atoms with Crippen LogP contribution in [0.3, 0.4) is 0 Å². The molecule has 5 nitrogen and oxygen atoms in total. The summed E-state index contributed by atoms with van der Waals surface area (Å²) < 4.78 is 40.4. The summed E-state index contributed by atoms with van der Waals surface area (Å²) in [4.78, 5) is 7.78. The van der Waals surface area contributed by atoms with E-state index in [1.54, 1.807) is 6.92 Å². The lowest BCUT2D eigenvalue weighted by Gasteiger charge is -2.12. The number of halogens is 2. The van der Waals surface area contributed by atoms with E-state index in [4.69, 9.17) is 11.6 Å². The van der Waals surface area contributed by atoms with Crippen LogP contribution in [0.5, 0.6) is 0 Å². The van der Waals surface area contributed by atoms with Gasteiger partial charge in [-0.3, -0.25) is 0 Å². The summed E-state index contributed by atoms with van der Waals surface area (Å²) >= 11 is 5.77. The quantitative estimate of drug-likeness (QED) is 0.879. The minimum Gasteiger partial charge on any atom is -0.247 e. The monoisotopic (exact) mass is 329 g/mol. The summed E-state index contributed by atoms with van der Waals surface area (Å²) in [6.45, 7) is 4.71. The summed E-state index contributed by atoms with van der Waals surface area (Å²) in [6, 6.07) is 3.82. The summed E-state index contributed by atoms with van der Waals surface area (Å²) in [5, 5.41) is 0.132. The number of sulfonamides is 1. The van der Waals surface area contributed by atoms with E-state index in [1.165, 1.54) is 19.9 Å². The molecule has 0 radical (unpaired) electrons. The molecule has 2 rings (SSSR count). The van der Waals surface area contributed by atoms with E-state index in [-0.39, 0.29) is 16.0 Å². The van der Waals surface area contributed by atoms with Crippen LogP contribution in [0, 0.1) is 26.6 Å². The molecule has 0 aliphatic carbocycles. The fourth-order valence-corrected chi connectivity index (χ4v) is 3.71. The minimum atomic E-state index is -3.93. The van der Waals surface area contributed by atoms with Gasteiger partial charge in [0.25, 0.3) is 10.0 Å². The van der Waals surface area contributed by atoms with Gasteiger partial charge in [-0.2, -0.15) is 0 Å². The van der Waals surface area contributed by atoms with Gasteiger partial charge in [0.1, 0.15) is 11.0 Å². The Bertz CT molecular complexity index is 766. The number of nitrogens with zero attached hydrogens (tertiary/aromatic N) is 2. The molecule has 2 aromatic rings. The van der Waals surface area contributed by atoms with Crippen LogP contribution >= 0.6 is 11.6 Å². The Kier molecular flexibility index (Phi) is 4.15. The van der Waals surface area contributed by atoms with E-state index in [0.29, 0.717) is 16.8 Å². The lowest BCUT2D eigenvalue weighted by atomic mass is 10.1. The summed E-state index contributed by atoms with van der Waals surface area (Å²) in [6.07, 6.45) is 0. The maximum atomic E-state index is 13.3. The highest BCUT2D eigenvalue weighted by molar-refractivity contribution is 7.92. The van der Waals surface area contributed by atoms with E-state index in [2.05, 4.69) is 14.7 Å². The van der Waals surface area contributed by atoms with Crippen molar-refractivity contribution in [3.63, 3.8) is 0 Å². The molecule has 0 atom stereocenters. The Morgan fingerprint density at radius 2 is 1.67 bits per heavy atom. The van der Waals surface area contributed by atoms with Gasteiger partial charge < -0.3 is 0 Å². The molecule has 21 heavy (non-hydrogen) atoms. The van der Waals surface area contributed by atoms with Gasteiger partial charge >= 0.3 is 0 Å². The van der Waals surface area contributed by atoms with Crippen LogP contribution in [0.4, 0.5) is 10.3 Å². The van der Waals surface area contributed by atoms with E-state index in [9.17, 15) is 12.8 Å². The lowest BCUT2D eigenvalue weighted by molar-refractivity contribution is 0.597. The molecule has 0 aliphatic rings. The van der Waals surface area contributed by atoms with Crippen LogP contribution in [0.25, 0.3) is 0 Å². The third kappa shape index (κ3) is 3.48. The van der Waals surface area contributed by atoms with Crippen molar-refractivity contribution in [2.75, 3.05) is 4.72 Å². The predicted octanol–water partition coefficient (Wildman–Crippen LogP) is 3.00. The average Bonchev–Trinajstić information content (AvgIpc) is 2.23. The number of anilines is 1. The zero-order chi connectivity index (χ0) is 15.8. The van der Waals surface area contributed by atoms with Crippen LogP contribution in [0.1, 0.15) is 16.8 Å². The van der Waals surface area contributed by atoms with Gasteiger partial charge in [0, 0.05) is 5.69 Å². The second kappa shape index (κ2) is 5.57. The van der Waals surface area contributed by atoms with Crippen molar-refractivity contribution >= 4 is 27.6 Å². The molecule has 1 N–H and O–H groups in total. The fraction of sp³-hybridized carbons (Fsp3) is 0.231. The van der Waals surface area contributed by atoms with E-state index < -0.39 is 15.8 Å². The molecule has 0 aliphatic heterocycles. The van der Waals surface area contributed by atoms with Gasteiger partial charge in [-0.05, 0) is 50.1 Å². The van der Waals surface area contributed by atoms with E-state index in [0.717, 1.165) is 12.1 Å². The van der Waals surface area contributed by atoms with Crippen LogP contribution in [-0.4, -0.2) is 18.4 Å². The number of rotatable bonds is 3. The van der Waals surface area contributed by atoms with Gasteiger partial charge in [-0.25, -0.2) is 27.5 Å². The maximum absolute atomic E-state index is 13.3. The molecule has 0 amide bonds. The molecule has 0 fully saturated rings. The molecule has 1 aromatic carbocycles. The Hall–Kier alpha value is -1.73. The topological polar surface area (TPSA) is 72.0 Å². The normalized spacial score (nSPS) is 11.5. The van der Waals surface area contributed by atoms with Crippen LogP contribution in [-0.2, 0) is 10.0 Å². The van der Waals surface area contributed by atoms with Crippen LogP contribution < -0.4 is 4.72 Å². The number of hydrogen-bond donors (Lipinski definition) is 1. The lowest BCUT2D eigenvalue weighted by Crippen LogP contribution is -2.18. The Balaban J connectivity index is 2.48. The van der Waals surface area contributed by atoms with Crippen molar-refractivity contribution < 1.29 is 12.8 Å². The first kappa shape index (κ1) is 15.7. The zero-order valence-corrected chi connectivity index (χ0v) is 13.2. The predicted molar refractivity (Wildman–Crippen MR) is 78.5 cm³/mol. The average molecular weight is 330 g/mol. The van der Waals surface area contributed by atoms with Crippen molar-refractivity contribution in [2.45, 2.75) is 25.7 Å². The number of hydrogen-bond acceptors (Lipinski definition) is 4. The van der Waals surface area contributed by atoms with Gasteiger partial charge in [0.05, 0.1) is 4.90 Å². The summed E-state index contributed by atoms with van der Waals surface area (Å²) in [5.74, 6) is -0.609. The minimum absolute atomic E-state index is 0.00475. The summed E-state index contributed by atoms with van der Waals surface area (Å²) in [5.41, 5.74) is 1.14. The highest BCUT2D eigenvalue weighted by Gasteiger charge is 2.21.